The summed E-state index contributed by atoms with van der Waals surface area (Å²) in [6, 6.07) is 4.82. The Labute approximate surface area is 128 Å². The molecule has 1 aliphatic carbocycles. The van der Waals surface area contributed by atoms with Gasteiger partial charge >= 0.3 is 5.97 Å². The Balaban J connectivity index is 1.98. The normalized spacial score (nSPS) is 21.1. The molecule has 0 saturated heterocycles. The number of halogens is 1. The van der Waals surface area contributed by atoms with Crippen LogP contribution < -0.4 is 11.1 Å². The van der Waals surface area contributed by atoms with Gasteiger partial charge in [-0.15, -0.1) is 0 Å². The van der Waals surface area contributed by atoms with Crippen LogP contribution >= 0.6 is 11.6 Å². The highest BCUT2D eigenvalue weighted by Gasteiger charge is 2.26. The van der Waals surface area contributed by atoms with E-state index < -0.39 is 5.97 Å². The smallest absolute Gasteiger partial charge is 0.339 e. The van der Waals surface area contributed by atoms with E-state index in [1.54, 1.807) is 12.1 Å². The molecule has 21 heavy (non-hydrogen) atoms. The fourth-order valence-electron chi connectivity index (χ4n) is 2.64. The van der Waals surface area contributed by atoms with E-state index in [2.05, 4.69) is 10.1 Å². The minimum atomic E-state index is -0.505. The van der Waals surface area contributed by atoms with Crippen LogP contribution in [-0.2, 0) is 9.53 Å². The Morgan fingerprint density at radius 2 is 2.19 bits per heavy atom. The average Bonchev–Trinajstić information content (AvgIpc) is 2.83. The van der Waals surface area contributed by atoms with Gasteiger partial charge in [-0.1, -0.05) is 18.0 Å². The number of carbonyl (C=O) groups is 2. The zero-order valence-electron chi connectivity index (χ0n) is 11.9. The van der Waals surface area contributed by atoms with Crippen molar-refractivity contribution in [1.82, 2.24) is 0 Å². The monoisotopic (exact) mass is 310 g/mol. The molecule has 1 saturated carbocycles. The van der Waals surface area contributed by atoms with E-state index in [1.807, 2.05) is 0 Å². The third-order valence-electron chi connectivity index (χ3n) is 3.82. The molecule has 1 fully saturated rings. The molecule has 0 aromatic heterocycles. The predicted octanol–water partition coefficient (Wildman–Crippen LogP) is 2.58. The number of carbonyl (C=O) groups excluding carboxylic acids is 2. The Kier molecular flexibility index (Phi) is 5.20. The van der Waals surface area contributed by atoms with Crippen LogP contribution in [-0.4, -0.2) is 25.0 Å². The topological polar surface area (TPSA) is 81.4 Å². The van der Waals surface area contributed by atoms with Gasteiger partial charge in [0.15, 0.2) is 0 Å². The van der Waals surface area contributed by atoms with Crippen LogP contribution in [0.15, 0.2) is 18.2 Å². The third-order valence-corrected chi connectivity index (χ3v) is 4.14. The number of esters is 1. The number of methoxy groups -OCH3 is 1. The van der Waals surface area contributed by atoms with Gasteiger partial charge in [-0.25, -0.2) is 4.79 Å². The van der Waals surface area contributed by atoms with Crippen LogP contribution in [0.5, 0.6) is 0 Å². The van der Waals surface area contributed by atoms with E-state index in [1.165, 1.54) is 13.2 Å². The molecule has 0 aliphatic heterocycles. The van der Waals surface area contributed by atoms with E-state index in [9.17, 15) is 9.59 Å². The number of anilines is 1. The maximum absolute atomic E-state index is 12.0. The van der Waals surface area contributed by atoms with Crippen molar-refractivity contribution in [3.8, 4) is 0 Å². The van der Waals surface area contributed by atoms with Gasteiger partial charge in [0.25, 0.3) is 0 Å². The van der Waals surface area contributed by atoms with Gasteiger partial charge in [0, 0.05) is 18.2 Å². The molecule has 0 heterocycles. The SMILES string of the molecule is COC(=O)c1ccc(NC(=O)C[C@@H]2CCC[C@H]2N)cc1Cl. The molecule has 0 radical (unpaired) electrons. The molecule has 5 nitrogen and oxygen atoms in total. The van der Waals surface area contributed by atoms with Crippen LogP contribution in [0.25, 0.3) is 0 Å². The summed E-state index contributed by atoms with van der Waals surface area (Å²) in [5, 5.41) is 3.03. The first kappa shape index (κ1) is 15.8. The number of amides is 1. The van der Waals surface area contributed by atoms with E-state index in [0.717, 1.165) is 19.3 Å². The zero-order valence-corrected chi connectivity index (χ0v) is 12.7. The molecule has 1 aliphatic rings. The second-order valence-corrected chi connectivity index (χ2v) is 5.70. The first-order chi connectivity index (χ1) is 10.0. The molecule has 3 N–H and O–H groups in total. The second kappa shape index (κ2) is 6.91. The lowest BCUT2D eigenvalue weighted by atomic mass is 10.00. The molecule has 6 heteroatoms. The van der Waals surface area contributed by atoms with E-state index in [4.69, 9.17) is 17.3 Å². The van der Waals surface area contributed by atoms with E-state index in [-0.39, 0.29) is 28.5 Å². The quantitative estimate of drug-likeness (QED) is 0.837. The summed E-state index contributed by atoms with van der Waals surface area (Å²) >= 11 is 6.01. The molecule has 2 rings (SSSR count). The highest BCUT2D eigenvalue weighted by Crippen LogP contribution is 2.27. The van der Waals surface area contributed by atoms with E-state index in [0.29, 0.717) is 12.1 Å². The van der Waals surface area contributed by atoms with Crippen LogP contribution in [0.1, 0.15) is 36.0 Å². The van der Waals surface area contributed by atoms with Gasteiger partial charge in [-0.3, -0.25) is 4.79 Å². The Morgan fingerprint density at radius 1 is 1.43 bits per heavy atom. The lowest BCUT2D eigenvalue weighted by Crippen LogP contribution is -2.28. The lowest BCUT2D eigenvalue weighted by Gasteiger charge is -2.15. The molecular weight excluding hydrogens is 292 g/mol. The maximum Gasteiger partial charge on any atom is 0.339 e. The lowest BCUT2D eigenvalue weighted by molar-refractivity contribution is -0.117. The largest absolute Gasteiger partial charge is 0.465 e. The third kappa shape index (κ3) is 3.95. The molecule has 0 unspecified atom stereocenters. The van der Waals surface area contributed by atoms with Crippen molar-refractivity contribution in [2.75, 3.05) is 12.4 Å². The molecule has 0 bridgehead atoms. The van der Waals surface area contributed by atoms with Crippen LogP contribution in [0, 0.1) is 5.92 Å². The first-order valence-electron chi connectivity index (χ1n) is 6.94. The van der Waals surface area contributed by atoms with Crippen molar-refractivity contribution >= 4 is 29.2 Å². The van der Waals surface area contributed by atoms with Gasteiger partial charge in [0.1, 0.15) is 0 Å². The molecule has 0 spiro atoms. The Morgan fingerprint density at radius 3 is 2.76 bits per heavy atom. The van der Waals surface area contributed by atoms with Crippen molar-refractivity contribution in [2.45, 2.75) is 31.7 Å². The van der Waals surface area contributed by atoms with Crippen molar-refractivity contribution in [3.05, 3.63) is 28.8 Å². The van der Waals surface area contributed by atoms with Crippen molar-refractivity contribution in [2.24, 2.45) is 11.7 Å². The zero-order chi connectivity index (χ0) is 15.4. The van der Waals surface area contributed by atoms with Crippen LogP contribution in [0.4, 0.5) is 5.69 Å². The summed E-state index contributed by atoms with van der Waals surface area (Å²) in [6.45, 7) is 0. The van der Waals surface area contributed by atoms with Crippen molar-refractivity contribution in [1.29, 1.82) is 0 Å². The minimum Gasteiger partial charge on any atom is -0.465 e. The van der Waals surface area contributed by atoms with Gasteiger partial charge < -0.3 is 15.8 Å². The highest BCUT2D eigenvalue weighted by molar-refractivity contribution is 6.33. The number of nitrogens with two attached hydrogens (primary N) is 1. The Hall–Kier alpha value is -1.59. The number of hydrogen-bond donors (Lipinski definition) is 2. The Bertz CT molecular complexity index is 548. The maximum atomic E-state index is 12.0. The molecule has 2 atom stereocenters. The standard InChI is InChI=1S/C15H19ClN2O3/c1-21-15(20)11-6-5-10(8-12(11)16)18-14(19)7-9-3-2-4-13(9)17/h5-6,8-9,13H,2-4,7,17H2,1H3,(H,18,19)/t9-,13+/m0/s1. The molecule has 1 amide bonds. The van der Waals surface area contributed by atoms with Gasteiger partial charge in [0.2, 0.25) is 5.91 Å². The summed E-state index contributed by atoms with van der Waals surface area (Å²) in [4.78, 5) is 23.4. The summed E-state index contributed by atoms with van der Waals surface area (Å²) in [7, 11) is 1.29. The summed E-state index contributed by atoms with van der Waals surface area (Å²) in [6.07, 6.45) is 3.48. The van der Waals surface area contributed by atoms with Crippen LogP contribution in [0.3, 0.4) is 0 Å². The van der Waals surface area contributed by atoms with E-state index >= 15 is 0 Å². The predicted molar refractivity (Wildman–Crippen MR) is 81.4 cm³/mol. The van der Waals surface area contributed by atoms with Gasteiger partial charge in [-0.2, -0.15) is 0 Å². The molecule has 1 aromatic rings. The summed E-state index contributed by atoms with van der Waals surface area (Å²) in [5.74, 6) is -0.344. The number of ether oxygens (including phenoxy) is 1. The number of benzene rings is 1. The van der Waals surface area contributed by atoms with Crippen LogP contribution in [0.2, 0.25) is 5.02 Å². The minimum absolute atomic E-state index is 0.0840. The summed E-state index contributed by atoms with van der Waals surface area (Å²) < 4.78 is 4.61. The molecule has 114 valence electrons. The number of hydrogen-bond acceptors (Lipinski definition) is 4. The molecule has 1 aromatic carbocycles. The van der Waals surface area contributed by atoms with Crippen molar-refractivity contribution in [3.63, 3.8) is 0 Å². The highest BCUT2D eigenvalue weighted by atomic mass is 35.5. The molecular formula is C15H19ClN2O3. The van der Waals surface area contributed by atoms with Gasteiger partial charge in [0.05, 0.1) is 17.7 Å². The van der Waals surface area contributed by atoms with Gasteiger partial charge in [-0.05, 0) is 37.0 Å². The number of nitrogens with one attached hydrogen (secondary N) is 1. The fraction of sp³-hybridized carbons (Fsp3) is 0.467. The fourth-order valence-corrected chi connectivity index (χ4v) is 2.90. The number of rotatable bonds is 4. The van der Waals surface area contributed by atoms with Crippen molar-refractivity contribution < 1.29 is 14.3 Å². The second-order valence-electron chi connectivity index (χ2n) is 5.29. The summed E-state index contributed by atoms with van der Waals surface area (Å²) in [5.41, 5.74) is 6.79. The first-order valence-corrected chi connectivity index (χ1v) is 7.32. The average molecular weight is 311 g/mol.